The third-order valence-electron chi connectivity index (χ3n) is 1.79. The summed E-state index contributed by atoms with van der Waals surface area (Å²) in [6.07, 6.45) is 1.36. The van der Waals surface area contributed by atoms with Crippen LogP contribution in [-0.4, -0.2) is 17.5 Å². The van der Waals surface area contributed by atoms with Gasteiger partial charge in [0, 0.05) is 6.42 Å². The highest BCUT2D eigenvalue weighted by Crippen LogP contribution is 2.21. The van der Waals surface area contributed by atoms with Crippen molar-refractivity contribution in [1.29, 1.82) is 0 Å². The van der Waals surface area contributed by atoms with Crippen molar-refractivity contribution >= 4 is 5.78 Å². The molecule has 0 aromatic heterocycles. The number of aliphatic hydroxyl groups is 1. The normalized spacial score (nSPS) is 19.6. The second-order valence-corrected chi connectivity index (χ2v) is 2.31. The van der Waals surface area contributed by atoms with Gasteiger partial charge in [0.15, 0.2) is 5.78 Å². The monoisotopic (exact) mass is 126 g/mol. The smallest absolute Gasteiger partial charge is 0.158 e. The van der Waals surface area contributed by atoms with Gasteiger partial charge in [-0.25, -0.2) is 0 Å². The zero-order valence-corrected chi connectivity index (χ0v) is 5.48. The van der Waals surface area contributed by atoms with E-state index in [1.165, 1.54) is 0 Å². The highest BCUT2D eigenvalue weighted by molar-refractivity contribution is 5.98. The summed E-state index contributed by atoms with van der Waals surface area (Å²) in [4.78, 5) is 10.8. The van der Waals surface area contributed by atoms with Gasteiger partial charge in [-0.15, -0.1) is 0 Å². The van der Waals surface area contributed by atoms with E-state index in [0.29, 0.717) is 6.42 Å². The van der Waals surface area contributed by atoms with Crippen LogP contribution in [0.2, 0.25) is 0 Å². The number of aliphatic hydroxyl groups excluding tert-OH is 1. The van der Waals surface area contributed by atoms with Crippen molar-refractivity contribution in [3.8, 4) is 0 Å². The van der Waals surface area contributed by atoms with Gasteiger partial charge < -0.3 is 5.11 Å². The molecule has 2 heteroatoms. The molecule has 0 aromatic carbocycles. The highest BCUT2D eigenvalue weighted by atomic mass is 16.3. The lowest BCUT2D eigenvalue weighted by atomic mass is 10.2. The molecule has 0 fully saturated rings. The van der Waals surface area contributed by atoms with Crippen LogP contribution in [0, 0.1) is 0 Å². The standard InChI is InChI=1S/C7H10O2/c1-5-6(4-8)2-3-7(5)9/h8H,2-4H2,1H3. The Morgan fingerprint density at radius 2 is 2.22 bits per heavy atom. The van der Waals surface area contributed by atoms with E-state index in [1.54, 1.807) is 6.92 Å². The number of carbonyl (C=O) groups is 1. The van der Waals surface area contributed by atoms with E-state index in [1.807, 2.05) is 0 Å². The molecule has 1 aliphatic rings. The van der Waals surface area contributed by atoms with Crippen LogP contribution >= 0.6 is 0 Å². The van der Waals surface area contributed by atoms with Gasteiger partial charge in [0.05, 0.1) is 6.61 Å². The molecule has 0 unspecified atom stereocenters. The summed E-state index contributed by atoms with van der Waals surface area (Å²) in [5.74, 6) is 0.194. The van der Waals surface area contributed by atoms with Crippen LogP contribution < -0.4 is 0 Å². The van der Waals surface area contributed by atoms with Crippen LogP contribution in [0.3, 0.4) is 0 Å². The van der Waals surface area contributed by atoms with Crippen molar-refractivity contribution in [1.82, 2.24) is 0 Å². The fourth-order valence-corrected chi connectivity index (χ4v) is 1.03. The minimum Gasteiger partial charge on any atom is -0.392 e. The number of hydrogen-bond donors (Lipinski definition) is 1. The Balaban J connectivity index is 2.79. The zero-order valence-electron chi connectivity index (χ0n) is 5.48. The molecule has 0 heterocycles. The third-order valence-corrected chi connectivity index (χ3v) is 1.79. The Kier molecular flexibility index (Phi) is 1.67. The van der Waals surface area contributed by atoms with Crippen molar-refractivity contribution in [2.45, 2.75) is 19.8 Å². The number of allylic oxidation sites excluding steroid dienone is 1. The molecule has 2 nitrogen and oxygen atoms in total. The van der Waals surface area contributed by atoms with Gasteiger partial charge in [0.25, 0.3) is 0 Å². The number of Topliss-reactive ketones (excluding diaryl/α,β-unsaturated/α-hetero) is 1. The molecule has 0 saturated heterocycles. The molecule has 0 saturated carbocycles. The number of hydrogen-bond acceptors (Lipinski definition) is 2. The first-order valence-electron chi connectivity index (χ1n) is 3.08. The van der Waals surface area contributed by atoms with E-state index in [2.05, 4.69) is 0 Å². The van der Waals surface area contributed by atoms with Crippen molar-refractivity contribution in [2.75, 3.05) is 6.61 Å². The lowest BCUT2D eigenvalue weighted by Gasteiger charge is -1.92. The Morgan fingerprint density at radius 1 is 1.56 bits per heavy atom. The largest absolute Gasteiger partial charge is 0.392 e. The fourth-order valence-electron chi connectivity index (χ4n) is 1.03. The average molecular weight is 126 g/mol. The number of rotatable bonds is 1. The third kappa shape index (κ3) is 1.03. The summed E-state index contributed by atoms with van der Waals surface area (Å²) in [6, 6.07) is 0. The Bertz CT molecular complexity index is 168. The second kappa shape index (κ2) is 2.31. The average Bonchev–Trinajstić information content (AvgIpc) is 2.15. The molecule has 0 amide bonds. The van der Waals surface area contributed by atoms with Gasteiger partial charge in [-0.3, -0.25) is 4.79 Å². The van der Waals surface area contributed by atoms with Crippen LogP contribution in [0.25, 0.3) is 0 Å². The minimum atomic E-state index is 0.0531. The van der Waals surface area contributed by atoms with Gasteiger partial charge in [0.2, 0.25) is 0 Å². The fraction of sp³-hybridized carbons (Fsp3) is 0.571. The highest BCUT2D eigenvalue weighted by Gasteiger charge is 2.17. The molecule has 9 heavy (non-hydrogen) atoms. The van der Waals surface area contributed by atoms with E-state index in [4.69, 9.17) is 5.11 Å². The Morgan fingerprint density at radius 3 is 2.44 bits per heavy atom. The van der Waals surface area contributed by atoms with Crippen LogP contribution in [-0.2, 0) is 4.79 Å². The first-order chi connectivity index (χ1) is 4.25. The number of ketones is 1. The van der Waals surface area contributed by atoms with Gasteiger partial charge in [-0.2, -0.15) is 0 Å². The maximum absolute atomic E-state index is 10.8. The quantitative estimate of drug-likeness (QED) is 0.560. The van der Waals surface area contributed by atoms with Crippen LogP contribution in [0.1, 0.15) is 19.8 Å². The predicted octanol–water partition coefficient (Wildman–Crippen LogP) is 0.658. The lowest BCUT2D eigenvalue weighted by Crippen LogP contribution is -1.92. The van der Waals surface area contributed by atoms with Gasteiger partial charge in [0.1, 0.15) is 0 Å². The zero-order chi connectivity index (χ0) is 6.85. The first-order valence-corrected chi connectivity index (χ1v) is 3.08. The van der Waals surface area contributed by atoms with Gasteiger partial charge >= 0.3 is 0 Å². The summed E-state index contributed by atoms with van der Waals surface area (Å²) in [6.45, 7) is 1.83. The molecule has 0 spiro atoms. The molecule has 1 aliphatic carbocycles. The van der Waals surface area contributed by atoms with Crippen LogP contribution in [0.4, 0.5) is 0 Å². The summed E-state index contributed by atoms with van der Waals surface area (Å²) < 4.78 is 0. The van der Waals surface area contributed by atoms with Crippen molar-refractivity contribution in [3.63, 3.8) is 0 Å². The molecule has 0 aliphatic heterocycles. The summed E-state index contributed by atoms with van der Waals surface area (Å²) >= 11 is 0. The van der Waals surface area contributed by atoms with Gasteiger partial charge in [-0.05, 0) is 24.5 Å². The van der Waals surface area contributed by atoms with Crippen LogP contribution in [0.5, 0.6) is 0 Å². The molecule has 1 N–H and O–H groups in total. The predicted molar refractivity (Wildman–Crippen MR) is 34.0 cm³/mol. The van der Waals surface area contributed by atoms with E-state index in [9.17, 15) is 4.79 Å². The van der Waals surface area contributed by atoms with E-state index >= 15 is 0 Å². The Labute approximate surface area is 54.2 Å². The molecular formula is C7H10O2. The van der Waals surface area contributed by atoms with E-state index in [-0.39, 0.29) is 12.4 Å². The molecule has 0 radical (unpaired) electrons. The lowest BCUT2D eigenvalue weighted by molar-refractivity contribution is -0.114. The second-order valence-electron chi connectivity index (χ2n) is 2.31. The molecular weight excluding hydrogens is 116 g/mol. The summed E-state index contributed by atoms with van der Waals surface area (Å²) in [5, 5.41) is 8.64. The molecule has 1 rings (SSSR count). The topological polar surface area (TPSA) is 37.3 Å². The maximum atomic E-state index is 10.8. The van der Waals surface area contributed by atoms with E-state index < -0.39 is 0 Å². The van der Waals surface area contributed by atoms with E-state index in [0.717, 1.165) is 17.6 Å². The molecule has 0 aromatic rings. The SMILES string of the molecule is CC1=C(CO)CCC1=O. The molecule has 50 valence electrons. The summed E-state index contributed by atoms with van der Waals surface area (Å²) in [5.41, 5.74) is 1.69. The van der Waals surface area contributed by atoms with Crippen molar-refractivity contribution in [3.05, 3.63) is 11.1 Å². The summed E-state index contributed by atoms with van der Waals surface area (Å²) in [7, 11) is 0. The Hall–Kier alpha value is -0.630. The maximum Gasteiger partial charge on any atom is 0.158 e. The van der Waals surface area contributed by atoms with Crippen molar-refractivity contribution in [2.24, 2.45) is 0 Å². The first kappa shape index (κ1) is 6.49. The molecule has 0 bridgehead atoms. The van der Waals surface area contributed by atoms with Gasteiger partial charge in [-0.1, -0.05) is 0 Å². The van der Waals surface area contributed by atoms with Crippen LogP contribution in [0.15, 0.2) is 11.1 Å². The minimum absolute atomic E-state index is 0.0531. The van der Waals surface area contributed by atoms with Crippen molar-refractivity contribution < 1.29 is 9.90 Å². The number of carbonyl (C=O) groups excluding carboxylic acids is 1. The molecule has 0 atom stereocenters.